The summed E-state index contributed by atoms with van der Waals surface area (Å²) in [6.45, 7) is 0. The first-order valence-corrected chi connectivity index (χ1v) is 13.6. The lowest BCUT2D eigenvalue weighted by Crippen LogP contribution is -2.30. The van der Waals surface area contributed by atoms with E-state index in [1.165, 1.54) is 30.0 Å². The molecule has 0 radical (unpaired) electrons. The molecule has 8 nitrogen and oxygen atoms in total. The summed E-state index contributed by atoms with van der Waals surface area (Å²) in [4.78, 5) is 50.3. The third kappa shape index (κ3) is 8.56. The Morgan fingerprint density at radius 2 is 1.41 bits per heavy atom. The molecule has 0 aromatic heterocycles. The second-order valence-electron chi connectivity index (χ2n) is 8.60. The van der Waals surface area contributed by atoms with Crippen LogP contribution in [0.5, 0.6) is 0 Å². The van der Waals surface area contributed by atoms with Gasteiger partial charge in [0, 0.05) is 21.8 Å². The molecule has 0 aliphatic carbocycles. The summed E-state index contributed by atoms with van der Waals surface area (Å²) < 4.78 is 0. The van der Waals surface area contributed by atoms with Crippen LogP contribution < -0.4 is 16.0 Å². The van der Waals surface area contributed by atoms with E-state index in [-0.39, 0.29) is 27.9 Å². The van der Waals surface area contributed by atoms with Gasteiger partial charge in [-0.2, -0.15) is 0 Å². The molecule has 4 aromatic carbocycles. The van der Waals surface area contributed by atoms with Gasteiger partial charge in [0.15, 0.2) is 0 Å². The molecule has 4 rings (SSSR count). The van der Waals surface area contributed by atoms with Gasteiger partial charge in [0.25, 0.3) is 11.8 Å². The molecule has 0 fully saturated rings. The van der Waals surface area contributed by atoms with E-state index in [1.54, 1.807) is 60.7 Å². The first-order valence-electron chi connectivity index (χ1n) is 12.3. The van der Waals surface area contributed by atoms with E-state index < -0.39 is 17.8 Å². The number of halogens is 1. The van der Waals surface area contributed by atoms with Crippen molar-refractivity contribution >= 4 is 64.5 Å². The molecule has 0 bridgehead atoms. The van der Waals surface area contributed by atoms with Gasteiger partial charge in [0.05, 0.1) is 16.3 Å². The van der Waals surface area contributed by atoms with E-state index in [0.29, 0.717) is 16.9 Å². The molecule has 206 valence electrons. The standard InChI is InChI=1S/C31H24ClN3O5S/c32-26-16-13-23(18-25(26)31(39)40)33-28(36)19-41-24-14-11-22(12-15-24)34-30(38)27(17-20-7-3-1-4-8-20)35-29(37)21-9-5-2-6-10-21/h1-18H,19H2,(H,33,36)(H,34,38)(H,35,37)(H,39,40)/b27-17-. The lowest BCUT2D eigenvalue weighted by molar-refractivity contribution is -0.114. The minimum atomic E-state index is -1.19. The number of carbonyl (C=O) groups excluding carboxylic acids is 3. The molecule has 0 unspecified atom stereocenters. The van der Waals surface area contributed by atoms with E-state index in [2.05, 4.69) is 16.0 Å². The Balaban J connectivity index is 1.37. The molecule has 0 heterocycles. The lowest BCUT2D eigenvalue weighted by Gasteiger charge is -2.12. The number of carboxylic acids is 1. The average Bonchev–Trinajstić information content (AvgIpc) is 2.98. The highest BCUT2D eigenvalue weighted by Crippen LogP contribution is 2.23. The first kappa shape index (κ1) is 29.1. The number of thioether (sulfide) groups is 1. The van der Waals surface area contributed by atoms with Gasteiger partial charge in [-0.05, 0) is 66.2 Å². The number of nitrogens with one attached hydrogen (secondary N) is 3. The summed E-state index contributed by atoms with van der Waals surface area (Å²) >= 11 is 7.14. The van der Waals surface area contributed by atoms with Crippen LogP contribution in [0.1, 0.15) is 26.3 Å². The highest BCUT2D eigenvalue weighted by atomic mass is 35.5. The minimum Gasteiger partial charge on any atom is -0.478 e. The Bertz CT molecular complexity index is 1590. The molecular weight excluding hydrogens is 562 g/mol. The van der Waals surface area contributed by atoms with E-state index in [4.69, 9.17) is 11.6 Å². The number of carboxylic acid groups (broad SMARTS) is 1. The SMILES string of the molecule is O=C(CSc1ccc(NC(=O)/C(=C/c2ccccc2)NC(=O)c2ccccc2)cc1)Nc1ccc(Cl)c(C(=O)O)c1. The smallest absolute Gasteiger partial charge is 0.337 e. The van der Waals surface area contributed by atoms with Gasteiger partial charge in [0.2, 0.25) is 5.91 Å². The number of benzene rings is 4. The molecule has 0 aliphatic rings. The number of anilines is 2. The third-order valence-electron chi connectivity index (χ3n) is 5.60. The Kier molecular flexibility index (Phi) is 9.93. The van der Waals surface area contributed by atoms with Crippen molar-refractivity contribution in [2.45, 2.75) is 4.90 Å². The van der Waals surface area contributed by atoms with Crippen LogP contribution in [0.25, 0.3) is 6.08 Å². The van der Waals surface area contributed by atoms with Crippen LogP contribution in [0.15, 0.2) is 114 Å². The van der Waals surface area contributed by atoms with Crippen molar-refractivity contribution in [1.29, 1.82) is 0 Å². The fraction of sp³-hybridized carbons (Fsp3) is 0.0323. The summed E-state index contributed by atoms with van der Waals surface area (Å²) in [5.41, 5.74) is 1.97. The second kappa shape index (κ2) is 14.0. The van der Waals surface area contributed by atoms with Crippen LogP contribution in [0.4, 0.5) is 11.4 Å². The van der Waals surface area contributed by atoms with Gasteiger partial charge in [-0.25, -0.2) is 4.79 Å². The molecule has 4 N–H and O–H groups in total. The maximum atomic E-state index is 13.1. The molecule has 41 heavy (non-hydrogen) atoms. The van der Waals surface area contributed by atoms with Gasteiger partial charge in [-0.3, -0.25) is 14.4 Å². The fourth-order valence-corrected chi connectivity index (χ4v) is 4.50. The fourth-order valence-electron chi connectivity index (χ4n) is 3.60. The van der Waals surface area contributed by atoms with Gasteiger partial charge in [-0.1, -0.05) is 60.1 Å². The van der Waals surface area contributed by atoms with E-state index in [1.807, 2.05) is 30.3 Å². The van der Waals surface area contributed by atoms with E-state index in [9.17, 15) is 24.3 Å². The van der Waals surface area contributed by atoms with Crippen molar-refractivity contribution < 1.29 is 24.3 Å². The zero-order chi connectivity index (χ0) is 29.2. The Morgan fingerprint density at radius 3 is 2.07 bits per heavy atom. The summed E-state index contributed by atoms with van der Waals surface area (Å²) in [6.07, 6.45) is 1.60. The Hall–Kier alpha value is -4.86. The van der Waals surface area contributed by atoms with Crippen molar-refractivity contribution in [2.75, 3.05) is 16.4 Å². The third-order valence-corrected chi connectivity index (χ3v) is 6.94. The summed E-state index contributed by atoms with van der Waals surface area (Å²) in [5.74, 6) is -2.34. The number of amides is 3. The molecule has 0 atom stereocenters. The van der Waals surface area contributed by atoms with Crippen molar-refractivity contribution in [3.63, 3.8) is 0 Å². The topological polar surface area (TPSA) is 125 Å². The van der Waals surface area contributed by atoms with Gasteiger partial charge in [0.1, 0.15) is 5.70 Å². The molecule has 4 aromatic rings. The van der Waals surface area contributed by atoms with Crippen LogP contribution in [0.3, 0.4) is 0 Å². The Morgan fingerprint density at radius 1 is 0.780 bits per heavy atom. The summed E-state index contributed by atoms with van der Waals surface area (Å²) in [5, 5.41) is 17.4. The molecule has 0 saturated carbocycles. The summed E-state index contributed by atoms with van der Waals surface area (Å²) in [6, 6.07) is 28.9. The van der Waals surface area contributed by atoms with Crippen molar-refractivity contribution in [2.24, 2.45) is 0 Å². The number of hydrogen-bond donors (Lipinski definition) is 4. The zero-order valence-electron chi connectivity index (χ0n) is 21.5. The van der Waals surface area contributed by atoms with Crippen LogP contribution in [-0.4, -0.2) is 34.6 Å². The number of carbonyl (C=O) groups is 4. The monoisotopic (exact) mass is 585 g/mol. The van der Waals surface area contributed by atoms with Crippen LogP contribution in [0, 0.1) is 0 Å². The average molecular weight is 586 g/mol. The number of rotatable bonds is 10. The molecular formula is C31H24ClN3O5S. The lowest BCUT2D eigenvalue weighted by atomic mass is 10.1. The van der Waals surface area contributed by atoms with Crippen LogP contribution in [-0.2, 0) is 9.59 Å². The van der Waals surface area contributed by atoms with Gasteiger partial charge in [-0.15, -0.1) is 11.8 Å². The first-order chi connectivity index (χ1) is 19.8. The zero-order valence-corrected chi connectivity index (χ0v) is 23.0. The van der Waals surface area contributed by atoms with E-state index in [0.717, 1.165) is 10.5 Å². The van der Waals surface area contributed by atoms with Crippen molar-refractivity contribution in [3.8, 4) is 0 Å². The highest BCUT2D eigenvalue weighted by molar-refractivity contribution is 8.00. The maximum Gasteiger partial charge on any atom is 0.337 e. The van der Waals surface area contributed by atoms with Crippen LogP contribution >= 0.6 is 23.4 Å². The highest BCUT2D eigenvalue weighted by Gasteiger charge is 2.15. The predicted molar refractivity (Wildman–Crippen MR) is 161 cm³/mol. The molecule has 0 spiro atoms. The predicted octanol–water partition coefficient (Wildman–Crippen LogP) is 6.18. The largest absolute Gasteiger partial charge is 0.478 e. The maximum absolute atomic E-state index is 13.1. The second-order valence-corrected chi connectivity index (χ2v) is 10.1. The van der Waals surface area contributed by atoms with Crippen molar-refractivity contribution in [1.82, 2.24) is 5.32 Å². The Labute approximate surface area is 245 Å². The molecule has 3 amide bonds. The molecule has 0 saturated heterocycles. The van der Waals surface area contributed by atoms with E-state index >= 15 is 0 Å². The van der Waals surface area contributed by atoms with Gasteiger partial charge >= 0.3 is 5.97 Å². The van der Waals surface area contributed by atoms with Crippen LogP contribution in [0.2, 0.25) is 5.02 Å². The van der Waals surface area contributed by atoms with Gasteiger partial charge < -0.3 is 21.1 Å². The molecule has 0 aliphatic heterocycles. The quantitative estimate of drug-likeness (QED) is 0.130. The van der Waals surface area contributed by atoms with Crippen molar-refractivity contribution in [3.05, 3.63) is 131 Å². The molecule has 10 heteroatoms. The minimum absolute atomic E-state index is 0.0756. The number of aromatic carboxylic acids is 1. The summed E-state index contributed by atoms with van der Waals surface area (Å²) in [7, 11) is 0. The number of hydrogen-bond acceptors (Lipinski definition) is 5. The normalized spacial score (nSPS) is 10.9.